The summed E-state index contributed by atoms with van der Waals surface area (Å²) in [5.74, 6) is 1.25. The van der Waals surface area contributed by atoms with E-state index in [9.17, 15) is 9.59 Å². The van der Waals surface area contributed by atoms with Gasteiger partial charge in [-0.3, -0.25) is 19.5 Å². The summed E-state index contributed by atoms with van der Waals surface area (Å²) in [6.07, 6.45) is 9.05. The molecule has 0 unspecified atom stereocenters. The quantitative estimate of drug-likeness (QED) is 0.0300. The predicted octanol–water partition coefficient (Wildman–Crippen LogP) is 8.55. The number of nitrogens with one attached hydrogen (secondary N) is 1. The first kappa shape index (κ1) is 48.7. The van der Waals surface area contributed by atoms with Crippen LogP contribution in [0.3, 0.4) is 0 Å². The SMILES string of the molecule is C#CNc1cc(OCc2cc(COc3cc4c(cc3OC)C(=O)N3c5ccccc5C[C@H]3C=N4)cc(N(CCOCCOCCOC)CC(C)(C)S)c2)c(OC)cc1C(=O)N1CCc2ccccc21. The van der Waals surface area contributed by atoms with Crippen molar-refractivity contribution in [2.45, 2.75) is 50.7 Å². The molecule has 5 aromatic carbocycles. The molecule has 0 spiro atoms. The number of anilines is 4. The minimum atomic E-state index is -0.374. The van der Waals surface area contributed by atoms with Crippen LogP contribution < -0.4 is 39.0 Å². The van der Waals surface area contributed by atoms with Gasteiger partial charge in [-0.25, -0.2) is 0 Å². The number of ether oxygens (including phenoxy) is 7. The van der Waals surface area contributed by atoms with Crippen LogP contribution in [0, 0.1) is 12.5 Å². The van der Waals surface area contributed by atoms with E-state index < -0.39 is 0 Å². The Bertz CT molecular complexity index is 2730. The normalized spacial score (nSPS) is 14.6. The van der Waals surface area contributed by atoms with Crippen molar-refractivity contribution in [2.24, 2.45) is 4.99 Å². The van der Waals surface area contributed by atoms with E-state index in [1.807, 2.05) is 65.7 Å². The highest BCUT2D eigenvalue weighted by atomic mass is 32.1. The highest BCUT2D eigenvalue weighted by Gasteiger charge is 2.37. The molecule has 1 atom stereocenters. The fourth-order valence-electron chi connectivity index (χ4n) is 8.89. The van der Waals surface area contributed by atoms with Crippen molar-refractivity contribution < 1.29 is 42.7 Å². The minimum absolute atomic E-state index is 0.118. The van der Waals surface area contributed by atoms with Gasteiger partial charge in [0.15, 0.2) is 23.0 Å². The van der Waals surface area contributed by atoms with E-state index in [0.29, 0.717) is 105 Å². The first-order chi connectivity index (χ1) is 33.5. The molecule has 8 rings (SSSR count). The lowest BCUT2D eigenvalue weighted by molar-refractivity contribution is 0.0264. The van der Waals surface area contributed by atoms with Crippen LogP contribution >= 0.6 is 12.6 Å². The van der Waals surface area contributed by atoms with Gasteiger partial charge in [-0.2, -0.15) is 12.6 Å². The maximum Gasteiger partial charge on any atom is 0.261 e. The molecule has 14 nitrogen and oxygen atoms in total. The molecule has 5 aromatic rings. The number of benzene rings is 5. The fourth-order valence-corrected chi connectivity index (χ4v) is 9.06. The van der Waals surface area contributed by atoms with Gasteiger partial charge < -0.3 is 48.3 Å². The number of carbonyl (C=O) groups excluding carboxylic acids is 2. The number of para-hydroxylation sites is 2. The lowest BCUT2D eigenvalue weighted by Gasteiger charge is -2.32. The van der Waals surface area contributed by atoms with Crippen LogP contribution in [0.25, 0.3) is 0 Å². The number of carbonyl (C=O) groups is 2. The zero-order chi connectivity index (χ0) is 48.5. The van der Waals surface area contributed by atoms with Crippen molar-refractivity contribution in [1.29, 1.82) is 0 Å². The van der Waals surface area contributed by atoms with Gasteiger partial charge in [-0.15, -0.1) is 0 Å². The third kappa shape index (κ3) is 11.4. The topological polar surface area (TPSA) is 133 Å². The molecule has 15 heteroatoms. The summed E-state index contributed by atoms with van der Waals surface area (Å²) in [6, 6.07) is 31.1. The largest absolute Gasteiger partial charge is 0.493 e. The van der Waals surface area contributed by atoms with Crippen LogP contribution in [0.4, 0.5) is 28.4 Å². The first-order valence-corrected chi connectivity index (χ1v) is 23.4. The molecule has 0 bridgehead atoms. The first-order valence-electron chi connectivity index (χ1n) is 23.0. The Morgan fingerprint density at radius 1 is 0.826 bits per heavy atom. The van der Waals surface area contributed by atoms with Crippen LogP contribution in [-0.4, -0.2) is 103 Å². The van der Waals surface area contributed by atoms with Crippen molar-refractivity contribution >= 4 is 59.1 Å². The molecule has 0 aliphatic carbocycles. The Morgan fingerprint density at radius 2 is 1.48 bits per heavy atom. The molecule has 0 fully saturated rings. The van der Waals surface area contributed by atoms with E-state index in [0.717, 1.165) is 45.7 Å². The average Bonchev–Trinajstić information content (AvgIpc) is 3.92. The van der Waals surface area contributed by atoms with Crippen molar-refractivity contribution in [1.82, 2.24) is 0 Å². The minimum Gasteiger partial charge on any atom is -0.493 e. The smallest absolute Gasteiger partial charge is 0.261 e. The Kier molecular flexibility index (Phi) is 15.7. The standard InChI is InChI=1S/C54H59N5O9S/c1-7-55-44-30-50(48(63-5)28-42(44)52(60)58-17-16-38-12-8-10-14-46(38)58)67-33-36-24-37(26-40(25-36)57(35-54(2,3)69)18-19-65-22-23-66-21-20-62-4)34-68-51-31-45-43(29-49(51)64-6)53(61)59-41(32-56-45)27-39-13-9-11-15-47(39)59/h1,8-15,24-26,28-32,41,55,69H,16-23,27,33-35H2,2-6H3/t41-/m0/s1. The number of methoxy groups -OCH3 is 3. The van der Waals surface area contributed by atoms with Gasteiger partial charge in [0.05, 0.1) is 75.8 Å². The second-order valence-corrected chi connectivity index (χ2v) is 18.8. The highest BCUT2D eigenvalue weighted by Crippen LogP contribution is 2.42. The predicted molar refractivity (Wildman–Crippen MR) is 273 cm³/mol. The second-order valence-electron chi connectivity index (χ2n) is 17.6. The maximum absolute atomic E-state index is 14.1. The van der Waals surface area contributed by atoms with Crippen LogP contribution in [0.5, 0.6) is 23.0 Å². The lowest BCUT2D eigenvalue weighted by atomic mass is 10.1. The van der Waals surface area contributed by atoms with Gasteiger partial charge in [-0.05, 0) is 85.0 Å². The molecule has 3 heterocycles. The molecule has 0 aromatic heterocycles. The average molecular weight is 954 g/mol. The Balaban J connectivity index is 1.07. The third-order valence-corrected chi connectivity index (χ3v) is 12.2. The number of nitrogens with zero attached hydrogens (tertiary/aromatic N) is 4. The number of hydrogen-bond donors (Lipinski definition) is 2. The van der Waals surface area contributed by atoms with Crippen molar-refractivity contribution in [3.05, 3.63) is 124 Å². The monoisotopic (exact) mass is 953 g/mol. The number of terminal acetylenes is 1. The van der Waals surface area contributed by atoms with E-state index in [4.69, 9.17) is 57.2 Å². The number of rotatable bonds is 22. The summed E-state index contributed by atoms with van der Waals surface area (Å²) in [5, 5.41) is 2.92. The van der Waals surface area contributed by atoms with Crippen LogP contribution in [0.15, 0.2) is 96.0 Å². The molecular formula is C54H59N5O9S. The fraction of sp³-hybridized carbons (Fsp3) is 0.352. The molecule has 1 N–H and O–H groups in total. The summed E-state index contributed by atoms with van der Waals surface area (Å²) < 4.78 is 41.1. The summed E-state index contributed by atoms with van der Waals surface area (Å²) in [6.45, 7) is 8.44. The van der Waals surface area contributed by atoms with Gasteiger partial charge in [-0.1, -0.05) is 42.8 Å². The Morgan fingerprint density at radius 3 is 2.17 bits per heavy atom. The number of amides is 2. The molecule has 69 heavy (non-hydrogen) atoms. The van der Waals surface area contributed by atoms with E-state index in [1.54, 1.807) is 43.4 Å². The van der Waals surface area contributed by atoms with Gasteiger partial charge >= 0.3 is 0 Å². The summed E-state index contributed by atoms with van der Waals surface area (Å²) in [5.41, 5.74) is 8.25. The zero-order valence-corrected chi connectivity index (χ0v) is 40.7. The molecular weight excluding hydrogens is 895 g/mol. The molecule has 2 amide bonds. The van der Waals surface area contributed by atoms with E-state index in [2.05, 4.69) is 42.2 Å². The Hall–Kier alpha value is -6.70. The van der Waals surface area contributed by atoms with E-state index in [1.165, 1.54) is 7.11 Å². The Labute approximate surface area is 409 Å². The van der Waals surface area contributed by atoms with Crippen molar-refractivity contribution in [3.8, 4) is 35.5 Å². The second kappa shape index (κ2) is 22.2. The van der Waals surface area contributed by atoms with Gasteiger partial charge in [0, 0.05) is 79.4 Å². The number of aliphatic imine (C=N–C) groups is 1. The molecule has 0 saturated carbocycles. The number of thiol groups is 1. The highest BCUT2D eigenvalue weighted by molar-refractivity contribution is 7.81. The van der Waals surface area contributed by atoms with Gasteiger partial charge in [0.2, 0.25) is 0 Å². The van der Waals surface area contributed by atoms with E-state index >= 15 is 0 Å². The third-order valence-electron chi connectivity index (χ3n) is 12.1. The molecule has 0 radical (unpaired) electrons. The number of hydrogen-bond acceptors (Lipinski definition) is 13. The van der Waals surface area contributed by atoms with Crippen LogP contribution in [-0.2, 0) is 40.3 Å². The summed E-state index contributed by atoms with van der Waals surface area (Å²) in [7, 11) is 4.74. The lowest BCUT2D eigenvalue weighted by Crippen LogP contribution is -2.37. The van der Waals surface area contributed by atoms with Crippen LogP contribution in [0.1, 0.15) is 56.8 Å². The molecule has 0 saturated heterocycles. The van der Waals surface area contributed by atoms with E-state index in [-0.39, 0.29) is 35.8 Å². The van der Waals surface area contributed by atoms with Gasteiger partial charge in [0.25, 0.3) is 11.8 Å². The van der Waals surface area contributed by atoms with Crippen LogP contribution in [0.2, 0.25) is 0 Å². The number of fused-ring (bicyclic) bond motifs is 5. The summed E-state index contributed by atoms with van der Waals surface area (Å²) in [4.78, 5) is 38.8. The summed E-state index contributed by atoms with van der Waals surface area (Å²) >= 11 is 4.93. The molecule has 3 aliphatic rings. The van der Waals surface area contributed by atoms with Gasteiger partial charge in [0.1, 0.15) is 13.2 Å². The maximum atomic E-state index is 14.1. The van der Waals surface area contributed by atoms with Crippen molar-refractivity contribution in [2.75, 3.05) is 94.0 Å². The zero-order valence-electron chi connectivity index (χ0n) is 39.8. The molecule has 360 valence electrons. The molecule has 3 aliphatic heterocycles. The van der Waals surface area contributed by atoms with Crippen molar-refractivity contribution in [3.63, 3.8) is 0 Å².